The van der Waals surface area contributed by atoms with Crippen molar-refractivity contribution in [2.45, 2.75) is 23.8 Å². The molecule has 4 nitrogen and oxygen atoms in total. The van der Waals surface area contributed by atoms with Crippen molar-refractivity contribution in [3.8, 4) is 0 Å². The first kappa shape index (κ1) is 13.5. The van der Waals surface area contributed by atoms with Crippen LogP contribution in [0.15, 0.2) is 29.2 Å². The second-order valence-corrected chi connectivity index (χ2v) is 6.83. The summed E-state index contributed by atoms with van der Waals surface area (Å²) >= 11 is 0. The quantitative estimate of drug-likeness (QED) is 0.903. The van der Waals surface area contributed by atoms with Gasteiger partial charge in [-0.3, -0.25) is 0 Å². The molecule has 0 saturated carbocycles. The zero-order chi connectivity index (χ0) is 13.2. The van der Waals surface area contributed by atoms with E-state index < -0.39 is 9.84 Å². The summed E-state index contributed by atoms with van der Waals surface area (Å²) in [5.41, 5.74) is 7.22. The highest BCUT2D eigenvalue weighted by Gasteiger charge is 2.22. The van der Waals surface area contributed by atoms with E-state index in [2.05, 4.69) is 0 Å². The monoisotopic (exact) mass is 269 g/mol. The van der Waals surface area contributed by atoms with Crippen LogP contribution in [0.4, 0.5) is 0 Å². The summed E-state index contributed by atoms with van der Waals surface area (Å²) in [4.78, 5) is 0.338. The lowest BCUT2D eigenvalue weighted by Crippen LogP contribution is -2.27. The molecule has 0 aromatic heterocycles. The van der Waals surface area contributed by atoms with Gasteiger partial charge < -0.3 is 10.5 Å². The number of nitrogens with two attached hydrogens (primary N) is 1. The maximum absolute atomic E-state index is 11.4. The molecule has 0 spiro atoms. The molecule has 18 heavy (non-hydrogen) atoms. The minimum atomic E-state index is -3.13. The Labute approximate surface area is 108 Å². The van der Waals surface area contributed by atoms with Gasteiger partial charge in [-0.25, -0.2) is 8.42 Å². The molecule has 0 radical (unpaired) electrons. The molecule has 0 bridgehead atoms. The normalized spacial score (nSPS) is 19.7. The van der Waals surface area contributed by atoms with Crippen molar-refractivity contribution in [3.63, 3.8) is 0 Å². The van der Waals surface area contributed by atoms with Gasteiger partial charge in [0.1, 0.15) is 0 Å². The molecule has 1 aromatic carbocycles. The highest BCUT2D eigenvalue weighted by Crippen LogP contribution is 2.28. The number of sulfone groups is 1. The molecule has 0 aliphatic carbocycles. The van der Waals surface area contributed by atoms with Crippen LogP contribution >= 0.6 is 0 Å². The van der Waals surface area contributed by atoms with Crippen LogP contribution in [-0.4, -0.2) is 27.9 Å². The zero-order valence-corrected chi connectivity index (χ0v) is 11.3. The first-order valence-electron chi connectivity index (χ1n) is 6.12. The molecule has 5 heteroatoms. The second-order valence-electron chi connectivity index (χ2n) is 4.82. The van der Waals surface area contributed by atoms with Gasteiger partial charge in [0.25, 0.3) is 0 Å². The third kappa shape index (κ3) is 3.10. The van der Waals surface area contributed by atoms with E-state index in [-0.39, 0.29) is 6.04 Å². The van der Waals surface area contributed by atoms with E-state index >= 15 is 0 Å². The van der Waals surface area contributed by atoms with Crippen LogP contribution in [-0.2, 0) is 14.6 Å². The number of benzene rings is 1. The molecule has 1 aliphatic rings. The van der Waals surface area contributed by atoms with Gasteiger partial charge in [0.2, 0.25) is 0 Å². The maximum Gasteiger partial charge on any atom is 0.175 e. The Balaban J connectivity index is 2.13. The molecular formula is C13H19NO3S. The van der Waals surface area contributed by atoms with Gasteiger partial charge in [0.05, 0.1) is 4.90 Å². The molecule has 2 rings (SSSR count). The van der Waals surface area contributed by atoms with Crippen LogP contribution in [0, 0.1) is 5.92 Å². The molecule has 1 atom stereocenters. The molecular weight excluding hydrogens is 250 g/mol. The lowest BCUT2D eigenvalue weighted by atomic mass is 9.88. The predicted octanol–water partition coefficient (Wildman–Crippen LogP) is 1.52. The average Bonchev–Trinajstić information content (AvgIpc) is 2.38. The van der Waals surface area contributed by atoms with Crippen LogP contribution in [0.5, 0.6) is 0 Å². The lowest BCUT2D eigenvalue weighted by Gasteiger charge is -2.27. The maximum atomic E-state index is 11.4. The molecule has 1 fully saturated rings. The summed E-state index contributed by atoms with van der Waals surface area (Å²) in [6, 6.07) is 6.85. The lowest BCUT2D eigenvalue weighted by molar-refractivity contribution is 0.0584. The van der Waals surface area contributed by atoms with E-state index in [1.54, 1.807) is 12.1 Å². The Hall–Kier alpha value is -0.910. The molecule has 1 aliphatic heterocycles. The Bertz CT molecular complexity index is 489. The molecule has 100 valence electrons. The molecule has 1 unspecified atom stereocenters. The Kier molecular flexibility index (Phi) is 4.04. The first-order valence-corrected chi connectivity index (χ1v) is 8.01. The van der Waals surface area contributed by atoms with Gasteiger partial charge in [-0.15, -0.1) is 0 Å². The van der Waals surface area contributed by atoms with Crippen molar-refractivity contribution in [2.24, 2.45) is 11.7 Å². The summed E-state index contributed by atoms with van der Waals surface area (Å²) in [5.74, 6) is 0.419. The smallest absolute Gasteiger partial charge is 0.175 e. The second kappa shape index (κ2) is 5.38. The van der Waals surface area contributed by atoms with Crippen LogP contribution in [0.25, 0.3) is 0 Å². The minimum absolute atomic E-state index is 0.0393. The fourth-order valence-electron chi connectivity index (χ4n) is 2.28. The van der Waals surface area contributed by atoms with Gasteiger partial charge in [-0.05, 0) is 36.5 Å². The average molecular weight is 269 g/mol. The van der Waals surface area contributed by atoms with E-state index in [4.69, 9.17) is 10.5 Å². The van der Waals surface area contributed by atoms with Crippen molar-refractivity contribution in [2.75, 3.05) is 19.5 Å². The molecule has 0 amide bonds. The van der Waals surface area contributed by atoms with Crippen LogP contribution < -0.4 is 5.73 Å². The minimum Gasteiger partial charge on any atom is -0.381 e. The third-order valence-corrected chi connectivity index (χ3v) is 4.60. The van der Waals surface area contributed by atoms with Gasteiger partial charge in [-0.2, -0.15) is 0 Å². The van der Waals surface area contributed by atoms with Crippen molar-refractivity contribution >= 4 is 9.84 Å². The van der Waals surface area contributed by atoms with E-state index in [0.717, 1.165) is 31.6 Å². The van der Waals surface area contributed by atoms with Crippen molar-refractivity contribution < 1.29 is 13.2 Å². The van der Waals surface area contributed by atoms with Crippen molar-refractivity contribution in [1.82, 2.24) is 0 Å². The van der Waals surface area contributed by atoms with E-state index in [1.807, 2.05) is 12.1 Å². The molecule has 1 saturated heterocycles. The number of ether oxygens (including phenoxy) is 1. The highest BCUT2D eigenvalue weighted by molar-refractivity contribution is 7.90. The van der Waals surface area contributed by atoms with E-state index in [0.29, 0.717) is 10.8 Å². The van der Waals surface area contributed by atoms with E-state index in [1.165, 1.54) is 6.26 Å². The Morgan fingerprint density at radius 2 is 1.78 bits per heavy atom. The topological polar surface area (TPSA) is 69.4 Å². The van der Waals surface area contributed by atoms with Crippen molar-refractivity contribution in [3.05, 3.63) is 29.8 Å². The standard InChI is InChI=1S/C13H19NO3S/c1-18(15,16)12-4-2-10(3-5-12)13(14)11-6-8-17-9-7-11/h2-5,11,13H,6-9,14H2,1H3. The summed E-state index contributed by atoms with van der Waals surface area (Å²) in [5, 5.41) is 0. The fourth-order valence-corrected chi connectivity index (χ4v) is 2.91. The highest BCUT2D eigenvalue weighted by atomic mass is 32.2. The zero-order valence-electron chi connectivity index (χ0n) is 10.5. The van der Waals surface area contributed by atoms with E-state index in [9.17, 15) is 8.42 Å². The summed E-state index contributed by atoms with van der Waals surface area (Å²) in [6.45, 7) is 1.53. The number of rotatable bonds is 3. The van der Waals surface area contributed by atoms with Crippen LogP contribution in [0.2, 0.25) is 0 Å². The SMILES string of the molecule is CS(=O)(=O)c1ccc(C(N)C2CCOCC2)cc1. The van der Waals surface area contributed by atoms with Crippen LogP contribution in [0.3, 0.4) is 0 Å². The predicted molar refractivity (Wildman–Crippen MR) is 70.0 cm³/mol. The number of hydrogen-bond acceptors (Lipinski definition) is 4. The largest absolute Gasteiger partial charge is 0.381 e. The molecule has 1 heterocycles. The van der Waals surface area contributed by atoms with Gasteiger partial charge in [0, 0.05) is 25.5 Å². The van der Waals surface area contributed by atoms with Gasteiger partial charge in [0.15, 0.2) is 9.84 Å². The first-order chi connectivity index (χ1) is 8.48. The third-order valence-electron chi connectivity index (χ3n) is 3.47. The Morgan fingerprint density at radius 1 is 1.22 bits per heavy atom. The Morgan fingerprint density at radius 3 is 2.28 bits per heavy atom. The van der Waals surface area contributed by atoms with Crippen LogP contribution in [0.1, 0.15) is 24.4 Å². The fraction of sp³-hybridized carbons (Fsp3) is 0.538. The summed E-state index contributed by atoms with van der Waals surface area (Å²) in [6.07, 6.45) is 3.14. The molecule has 2 N–H and O–H groups in total. The molecule has 1 aromatic rings. The summed E-state index contributed by atoms with van der Waals surface area (Å²) < 4.78 is 28.1. The van der Waals surface area contributed by atoms with Gasteiger partial charge in [-0.1, -0.05) is 12.1 Å². The summed E-state index contributed by atoms with van der Waals surface area (Å²) in [7, 11) is -3.13. The van der Waals surface area contributed by atoms with Gasteiger partial charge >= 0.3 is 0 Å². The number of hydrogen-bond donors (Lipinski definition) is 1. The van der Waals surface area contributed by atoms with Crippen molar-refractivity contribution in [1.29, 1.82) is 0 Å².